The monoisotopic (exact) mass is 606 g/mol. The Morgan fingerprint density at radius 3 is 2.58 bits per heavy atom. The van der Waals surface area contributed by atoms with E-state index in [9.17, 15) is 19.5 Å². The Balaban J connectivity index is 1.69. The van der Waals surface area contributed by atoms with Crippen LogP contribution in [0.25, 0.3) is 5.76 Å². The van der Waals surface area contributed by atoms with Gasteiger partial charge in [-0.25, -0.2) is 9.78 Å². The molecule has 43 heavy (non-hydrogen) atoms. The molecular formula is C31H30N2O9S. The molecule has 0 bridgehead atoms. The molecule has 224 valence electrons. The van der Waals surface area contributed by atoms with E-state index < -0.39 is 29.5 Å². The number of ether oxygens (including phenoxy) is 5. The first kappa shape index (κ1) is 29.6. The van der Waals surface area contributed by atoms with E-state index in [0.29, 0.717) is 54.1 Å². The lowest BCUT2D eigenvalue weighted by Gasteiger charge is -2.24. The number of anilines is 1. The molecule has 3 aromatic rings. The summed E-state index contributed by atoms with van der Waals surface area (Å²) in [6, 6.07) is 8.62. The standard InChI is InChI=1S/C31H30N2O9S/c1-5-12-40-20-10-8-18(15-22(20)38-6-2)25-24(26(34)19-9-11-21-23(16-19)42-14-13-41-21)27(35)29(36)33(25)31-32-17(4)28(43-31)30(37)39-7-3/h5,8-11,15-16,25,34H,1,6-7,12-14H2,2-4H3/b26-24+/t25-/m0/s1. The van der Waals surface area contributed by atoms with Gasteiger partial charge in [-0.05, 0) is 56.7 Å². The lowest BCUT2D eigenvalue weighted by Crippen LogP contribution is -2.29. The third-order valence-corrected chi connectivity index (χ3v) is 7.79. The average Bonchev–Trinajstić information content (AvgIpc) is 3.52. The number of carbonyl (C=O) groups excluding carboxylic acids is 3. The number of ketones is 1. The number of carbonyl (C=O) groups is 3. The second-order valence-corrected chi connectivity index (χ2v) is 10.4. The van der Waals surface area contributed by atoms with E-state index in [1.807, 2.05) is 6.92 Å². The predicted octanol–water partition coefficient (Wildman–Crippen LogP) is 4.99. The Morgan fingerprint density at radius 2 is 1.86 bits per heavy atom. The molecule has 1 fully saturated rings. The van der Waals surface area contributed by atoms with Crippen molar-refractivity contribution in [1.29, 1.82) is 0 Å². The maximum atomic E-state index is 13.7. The van der Waals surface area contributed by atoms with Gasteiger partial charge in [0.1, 0.15) is 30.5 Å². The van der Waals surface area contributed by atoms with Gasteiger partial charge in [0.2, 0.25) is 0 Å². The van der Waals surface area contributed by atoms with Crippen LogP contribution in [-0.4, -0.2) is 60.8 Å². The van der Waals surface area contributed by atoms with Crippen LogP contribution in [0.2, 0.25) is 0 Å². The molecule has 1 saturated heterocycles. The third kappa shape index (κ3) is 5.65. The highest BCUT2D eigenvalue weighted by atomic mass is 32.1. The number of hydrogen-bond acceptors (Lipinski definition) is 11. The van der Waals surface area contributed by atoms with Gasteiger partial charge < -0.3 is 28.8 Å². The highest BCUT2D eigenvalue weighted by molar-refractivity contribution is 7.17. The number of Topliss-reactive ketones (excluding diaryl/α,β-unsaturated/α-hetero) is 1. The summed E-state index contributed by atoms with van der Waals surface area (Å²) < 4.78 is 28.0. The first-order valence-corrected chi connectivity index (χ1v) is 14.5. The maximum Gasteiger partial charge on any atom is 0.350 e. The Bertz CT molecular complexity index is 1630. The van der Waals surface area contributed by atoms with E-state index in [4.69, 9.17) is 23.7 Å². The quantitative estimate of drug-likeness (QED) is 0.111. The molecule has 0 saturated carbocycles. The second kappa shape index (κ2) is 12.6. The van der Waals surface area contributed by atoms with Gasteiger partial charge in [0, 0.05) is 5.56 Å². The largest absolute Gasteiger partial charge is 0.507 e. The van der Waals surface area contributed by atoms with Crippen molar-refractivity contribution >= 4 is 39.9 Å². The van der Waals surface area contributed by atoms with Crippen LogP contribution in [0.5, 0.6) is 23.0 Å². The second-order valence-electron chi connectivity index (χ2n) is 9.40. The van der Waals surface area contributed by atoms with E-state index in [1.54, 1.807) is 56.3 Å². The molecule has 5 rings (SSSR count). The number of hydrogen-bond donors (Lipinski definition) is 1. The minimum absolute atomic E-state index is 0.0961. The summed E-state index contributed by atoms with van der Waals surface area (Å²) in [4.78, 5) is 45.8. The zero-order chi connectivity index (χ0) is 30.7. The molecule has 3 heterocycles. The molecule has 2 aliphatic heterocycles. The summed E-state index contributed by atoms with van der Waals surface area (Å²) in [5.41, 5.74) is 0.868. The van der Waals surface area contributed by atoms with Crippen LogP contribution in [0.15, 0.2) is 54.6 Å². The summed E-state index contributed by atoms with van der Waals surface area (Å²) in [6.45, 7) is 10.2. The van der Waals surface area contributed by atoms with Gasteiger partial charge in [-0.1, -0.05) is 30.1 Å². The molecule has 2 aromatic carbocycles. The van der Waals surface area contributed by atoms with Crippen molar-refractivity contribution in [2.24, 2.45) is 0 Å². The van der Waals surface area contributed by atoms with Crippen molar-refractivity contribution in [1.82, 2.24) is 4.98 Å². The molecule has 0 aliphatic carbocycles. The van der Waals surface area contributed by atoms with Crippen molar-refractivity contribution in [2.75, 3.05) is 37.9 Å². The van der Waals surface area contributed by atoms with Crippen molar-refractivity contribution < 1.29 is 43.2 Å². The summed E-state index contributed by atoms with van der Waals surface area (Å²) in [7, 11) is 0. The number of rotatable bonds is 10. The van der Waals surface area contributed by atoms with Gasteiger partial charge >= 0.3 is 11.9 Å². The van der Waals surface area contributed by atoms with Gasteiger partial charge in [0.15, 0.2) is 28.1 Å². The first-order chi connectivity index (χ1) is 20.8. The number of esters is 1. The van der Waals surface area contributed by atoms with Gasteiger partial charge in [-0.15, -0.1) is 0 Å². The fraction of sp³-hybridized carbons (Fsp3) is 0.290. The number of aromatic nitrogens is 1. The molecule has 0 spiro atoms. The zero-order valence-electron chi connectivity index (χ0n) is 23.9. The normalized spacial score (nSPS) is 17.1. The Morgan fingerprint density at radius 1 is 1.09 bits per heavy atom. The number of nitrogens with zero attached hydrogens (tertiary/aromatic N) is 2. The number of amides is 1. The molecule has 0 unspecified atom stereocenters. The molecule has 1 atom stereocenters. The van der Waals surface area contributed by atoms with Gasteiger partial charge in [-0.3, -0.25) is 14.5 Å². The fourth-order valence-electron chi connectivity index (χ4n) is 4.79. The lowest BCUT2D eigenvalue weighted by atomic mass is 9.95. The van der Waals surface area contributed by atoms with Gasteiger partial charge in [0.05, 0.1) is 30.5 Å². The summed E-state index contributed by atoms with van der Waals surface area (Å²) in [5.74, 6) is -1.13. The van der Waals surface area contributed by atoms with E-state index in [0.717, 1.165) is 11.3 Å². The maximum absolute atomic E-state index is 13.7. The number of aryl methyl sites for hydroxylation is 1. The minimum atomic E-state index is -1.12. The fourth-order valence-corrected chi connectivity index (χ4v) is 5.78. The SMILES string of the molecule is C=CCOc1ccc([C@H]2/C(=C(\O)c3ccc4c(c3)OCCO4)C(=O)C(=O)N2c2nc(C)c(C(=O)OCC)s2)cc1OCC. The van der Waals surface area contributed by atoms with E-state index in [1.165, 1.54) is 4.90 Å². The number of thiazole rings is 1. The van der Waals surface area contributed by atoms with Gasteiger partial charge in [0.25, 0.3) is 5.78 Å². The molecule has 0 radical (unpaired) electrons. The highest BCUT2D eigenvalue weighted by Gasteiger charge is 2.48. The molecular weight excluding hydrogens is 576 g/mol. The number of aliphatic hydroxyl groups excluding tert-OH is 1. The summed E-state index contributed by atoms with van der Waals surface area (Å²) >= 11 is 0.925. The number of fused-ring (bicyclic) bond motifs is 1. The summed E-state index contributed by atoms with van der Waals surface area (Å²) in [5, 5.41) is 11.7. The Kier molecular flexibility index (Phi) is 8.67. The van der Waals surface area contributed by atoms with Crippen LogP contribution in [0, 0.1) is 6.92 Å². The molecule has 1 aromatic heterocycles. The van der Waals surface area contributed by atoms with Crippen LogP contribution in [0.4, 0.5) is 5.13 Å². The summed E-state index contributed by atoms with van der Waals surface area (Å²) in [6.07, 6.45) is 1.60. The average molecular weight is 607 g/mol. The Hall–Kier alpha value is -4.84. The van der Waals surface area contributed by atoms with Crippen LogP contribution in [0.3, 0.4) is 0 Å². The predicted molar refractivity (Wildman–Crippen MR) is 158 cm³/mol. The van der Waals surface area contributed by atoms with Crippen LogP contribution < -0.4 is 23.8 Å². The van der Waals surface area contributed by atoms with Crippen LogP contribution in [-0.2, 0) is 14.3 Å². The van der Waals surface area contributed by atoms with Crippen molar-refractivity contribution in [3.05, 3.63) is 76.3 Å². The molecule has 12 heteroatoms. The molecule has 1 N–H and O–H groups in total. The van der Waals surface area contributed by atoms with E-state index in [-0.39, 0.29) is 34.4 Å². The first-order valence-electron chi connectivity index (χ1n) is 13.6. The van der Waals surface area contributed by atoms with E-state index >= 15 is 0 Å². The zero-order valence-corrected chi connectivity index (χ0v) is 24.7. The molecule has 11 nitrogen and oxygen atoms in total. The van der Waals surface area contributed by atoms with Crippen molar-refractivity contribution in [3.8, 4) is 23.0 Å². The topological polar surface area (TPSA) is 134 Å². The third-order valence-electron chi connectivity index (χ3n) is 6.65. The molecule has 1 amide bonds. The number of benzene rings is 2. The Labute approximate surface area is 251 Å². The lowest BCUT2D eigenvalue weighted by molar-refractivity contribution is -0.132. The van der Waals surface area contributed by atoms with Crippen molar-refractivity contribution in [2.45, 2.75) is 26.8 Å². The molecule has 2 aliphatic rings. The van der Waals surface area contributed by atoms with Crippen LogP contribution in [0.1, 0.15) is 46.4 Å². The van der Waals surface area contributed by atoms with Crippen LogP contribution >= 0.6 is 11.3 Å². The number of aliphatic hydroxyl groups is 1. The van der Waals surface area contributed by atoms with Gasteiger partial charge in [-0.2, -0.15) is 0 Å². The minimum Gasteiger partial charge on any atom is -0.507 e. The highest BCUT2D eigenvalue weighted by Crippen LogP contribution is 2.46. The van der Waals surface area contributed by atoms with E-state index in [2.05, 4.69) is 11.6 Å². The van der Waals surface area contributed by atoms with Crippen molar-refractivity contribution in [3.63, 3.8) is 0 Å². The smallest absolute Gasteiger partial charge is 0.350 e.